The highest BCUT2D eigenvalue weighted by Gasteiger charge is 2.52. The molecule has 1 N–H and O–H groups in total. The van der Waals surface area contributed by atoms with Gasteiger partial charge in [-0.1, -0.05) is 0 Å². The Labute approximate surface area is 100 Å². The van der Waals surface area contributed by atoms with Crippen LogP contribution in [0.25, 0.3) is 0 Å². The predicted molar refractivity (Wildman–Crippen MR) is 51.6 cm³/mol. The molecule has 2 rings (SSSR count). The summed E-state index contributed by atoms with van der Waals surface area (Å²) in [4.78, 5) is 22.9. The summed E-state index contributed by atoms with van der Waals surface area (Å²) in [6.07, 6.45) is -4.90. The molecule has 18 heavy (non-hydrogen) atoms. The van der Waals surface area contributed by atoms with Gasteiger partial charge in [0.15, 0.2) is 0 Å². The Hall–Kier alpha value is -1.31. The molecule has 102 valence electrons. The predicted octanol–water partition coefficient (Wildman–Crippen LogP) is 0.497. The van der Waals surface area contributed by atoms with Gasteiger partial charge in [0.05, 0.1) is 25.2 Å². The molecule has 0 aromatic carbocycles. The van der Waals surface area contributed by atoms with E-state index in [9.17, 15) is 22.8 Å². The summed E-state index contributed by atoms with van der Waals surface area (Å²) < 4.78 is 42.2. The zero-order chi connectivity index (χ0) is 13.5. The minimum Gasteiger partial charge on any atom is -0.481 e. The van der Waals surface area contributed by atoms with Gasteiger partial charge in [-0.15, -0.1) is 0 Å². The van der Waals surface area contributed by atoms with Crippen molar-refractivity contribution in [3.8, 4) is 0 Å². The molecule has 0 aliphatic carbocycles. The first-order valence-corrected chi connectivity index (χ1v) is 5.50. The molecule has 0 aromatic rings. The minimum absolute atomic E-state index is 0.0294. The number of piperidine rings is 1. The number of likely N-dealkylation sites (tertiary alicyclic amines) is 1. The summed E-state index contributed by atoms with van der Waals surface area (Å²) >= 11 is 0. The van der Waals surface area contributed by atoms with Crippen LogP contribution in [0.15, 0.2) is 0 Å². The summed E-state index contributed by atoms with van der Waals surface area (Å²) in [7, 11) is 0. The molecule has 2 heterocycles. The van der Waals surface area contributed by atoms with Gasteiger partial charge in [-0.25, -0.2) is 0 Å². The molecule has 8 heteroatoms. The number of ether oxygens (including phenoxy) is 1. The van der Waals surface area contributed by atoms with Crippen molar-refractivity contribution < 1.29 is 32.6 Å². The lowest BCUT2D eigenvalue weighted by atomic mass is 9.81. The van der Waals surface area contributed by atoms with Crippen LogP contribution in [0, 0.1) is 11.8 Å². The molecule has 0 bridgehead atoms. The number of carbonyl (C=O) groups excluding carboxylic acids is 1. The number of fused-ring (bicyclic) bond motifs is 1. The number of nitrogens with zero attached hydrogens (tertiary/aromatic N) is 1. The van der Waals surface area contributed by atoms with Crippen molar-refractivity contribution in [1.82, 2.24) is 4.90 Å². The molecule has 2 fully saturated rings. The fourth-order valence-electron chi connectivity index (χ4n) is 2.64. The molecule has 5 nitrogen and oxygen atoms in total. The number of aliphatic carboxylic acids is 1. The fourth-order valence-corrected chi connectivity index (χ4v) is 2.64. The highest BCUT2D eigenvalue weighted by Crippen LogP contribution is 2.36. The SMILES string of the molecule is O=C(O)C1CCN(C(=O)C(F)(F)F)[C@@H]2COC[C@@H]12. The van der Waals surface area contributed by atoms with Crippen molar-refractivity contribution in [2.75, 3.05) is 19.8 Å². The van der Waals surface area contributed by atoms with Crippen molar-refractivity contribution in [2.45, 2.75) is 18.6 Å². The highest BCUT2D eigenvalue weighted by atomic mass is 19.4. The Balaban J connectivity index is 2.18. The van der Waals surface area contributed by atoms with Crippen molar-refractivity contribution in [1.29, 1.82) is 0 Å². The zero-order valence-electron chi connectivity index (χ0n) is 9.31. The van der Waals surface area contributed by atoms with Gasteiger partial charge in [0.25, 0.3) is 0 Å². The standard InChI is InChI=1S/C10H12F3NO4/c11-10(12,13)9(17)14-2-1-5(8(15)16)6-3-18-4-7(6)14/h5-7H,1-4H2,(H,15,16)/t5?,6-,7+/m0/s1. The number of carbonyl (C=O) groups is 2. The van der Waals surface area contributed by atoms with E-state index in [1.165, 1.54) is 0 Å². The van der Waals surface area contributed by atoms with Crippen LogP contribution < -0.4 is 0 Å². The van der Waals surface area contributed by atoms with Crippen LogP contribution in [0.2, 0.25) is 0 Å². The monoisotopic (exact) mass is 267 g/mol. The average molecular weight is 267 g/mol. The second-order valence-corrected chi connectivity index (χ2v) is 4.50. The second-order valence-electron chi connectivity index (χ2n) is 4.50. The van der Waals surface area contributed by atoms with Crippen molar-refractivity contribution >= 4 is 11.9 Å². The number of hydrogen-bond acceptors (Lipinski definition) is 3. The summed E-state index contributed by atoms with van der Waals surface area (Å²) in [6.45, 7) is -0.140. The molecular weight excluding hydrogens is 255 g/mol. The molecule has 0 saturated carbocycles. The van der Waals surface area contributed by atoms with Gasteiger partial charge >= 0.3 is 18.1 Å². The Morgan fingerprint density at radius 1 is 1.28 bits per heavy atom. The Morgan fingerprint density at radius 2 is 1.94 bits per heavy atom. The lowest BCUT2D eigenvalue weighted by molar-refractivity contribution is -0.191. The second kappa shape index (κ2) is 4.42. The van der Waals surface area contributed by atoms with Crippen LogP contribution >= 0.6 is 0 Å². The summed E-state index contributed by atoms with van der Waals surface area (Å²) in [5.41, 5.74) is 0. The average Bonchev–Trinajstić information content (AvgIpc) is 2.73. The molecule has 3 atom stereocenters. The van der Waals surface area contributed by atoms with Gasteiger partial charge in [0, 0.05) is 12.5 Å². The summed E-state index contributed by atoms with van der Waals surface area (Å²) in [6, 6.07) is -0.783. The van der Waals surface area contributed by atoms with Crippen LogP contribution in [-0.2, 0) is 14.3 Å². The molecular formula is C10H12F3NO4. The summed E-state index contributed by atoms with van der Waals surface area (Å²) in [5, 5.41) is 8.99. The first-order chi connectivity index (χ1) is 8.32. The lowest BCUT2D eigenvalue weighted by Crippen LogP contribution is -2.56. The Bertz CT molecular complexity index is 371. The van der Waals surface area contributed by atoms with Crippen LogP contribution in [0.3, 0.4) is 0 Å². The van der Waals surface area contributed by atoms with Crippen molar-refractivity contribution in [3.05, 3.63) is 0 Å². The van der Waals surface area contributed by atoms with E-state index in [1.54, 1.807) is 0 Å². The van der Waals surface area contributed by atoms with E-state index in [-0.39, 0.29) is 26.2 Å². The van der Waals surface area contributed by atoms with E-state index in [0.29, 0.717) is 4.90 Å². The van der Waals surface area contributed by atoms with E-state index in [0.717, 1.165) is 0 Å². The van der Waals surface area contributed by atoms with Gasteiger partial charge in [-0.3, -0.25) is 9.59 Å². The number of amides is 1. The van der Waals surface area contributed by atoms with E-state index in [4.69, 9.17) is 9.84 Å². The van der Waals surface area contributed by atoms with Crippen LogP contribution in [0.4, 0.5) is 13.2 Å². The Kier molecular flexibility index (Phi) is 3.22. The third-order valence-electron chi connectivity index (χ3n) is 3.51. The van der Waals surface area contributed by atoms with Gasteiger partial charge in [0.1, 0.15) is 0 Å². The van der Waals surface area contributed by atoms with E-state index in [2.05, 4.69) is 0 Å². The number of rotatable bonds is 1. The van der Waals surface area contributed by atoms with E-state index >= 15 is 0 Å². The van der Waals surface area contributed by atoms with Crippen LogP contribution in [0.1, 0.15) is 6.42 Å². The van der Waals surface area contributed by atoms with Gasteiger partial charge in [-0.05, 0) is 6.42 Å². The van der Waals surface area contributed by atoms with Gasteiger partial charge < -0.3 is 14.7 Å². The maximum Gasteiger partial charge on any atom is 0.471 e. The molecule has 0 radical (unpaired) electrons. The number of carboxylic acid groups (broad SMARTS) is 1. The maximum absolute atomic E-state index is 12.4. The van der Waals surface area contributed by atoms with E-state index in [1.807, 2.05) is 0 Å². The maximum atomic E-state index is 12.4. The molecule has 2 aliphatic heterocycles. The molecule has 2 saturated heterocycles. The van der Waals surface area contributed by atoms with Gasteiger partial charge in [0.2, 0.25) is 0 Å². The molecule has 1 unspecified atom stereocenters. The smallest absolute Gasteiger partial charge is 0.471 e. The first kappa shape index (κ1) is 13.1. The third kappa shape index (κ3) is 2.16. The largest absolute Gasteiger partial charge is 0.481 e. The zero-order valence-corrected chi connectivity index (χ0v) is 9.31. The Morgan fingerprint density at radius 3 is 2.50 bits per heavy atom. The number of carboxylic acids is 1. The fraction of sp³-hybridized carbons (Fsp3) is 0.800. The first-order valence-electron chi connectivity index (χ1n) is 5.50. The van der Waals surface area contributed by atoms with Gasteiger partial charge in [-0.2, -0.15) is 13.2 Å². The normalized spacial score (nSPS) is 32.2. The van der Waals surface area contributed by atoms with Crippen LogP contribution in [0.5, 0.6) is 0 Å². The molecule has 0 aromatic heterocycles. The number of halogens is 3. The van der Waals surface area contributed by atoms with Crippen molar-refractivity contribution in [2.24, 2.45) is 11.8 Å². The summed E-state index contributed by atoms with van der Waals surface area (Å²) in [5.74, 6) is -4.25. The highest BCUT2D eigenvalue weighted by molar-refractivity contribution is 5.82. The molecule has 0 spiro atoms. The number of hydrogen-bond donors (Lipinski definition) is 1. The van der Waals surface area contributed by atoms with E-state index < -0.39 is 35.9 Å². The van der Waals surface area contributed by atoms with Crippen molar-refractivity contribution in [3.63, 3.8) is 0 Å². The number of alkyl halides is 3. The minimum atomic E-state index is -4.93. The molecule has 1 amide bonds. The topological polar surface area (TPSA) is 66.8 Å². The van der Waals surface area contributed by atoms with Crippen LogP contribution in [-0.4, -0.2) is 53.9 Å². The molecule has 2 aliphatic rings. The third-order valence-corrected chi connectivity index (χ3v) is 3.51. The quantitative estimate of drug-likeness (QED) is 0.751. The lowest BCUT2D eigenvalue weighted by Gasteiger charge is -2.39.